The van der Waals surface area contributed by atoms with Gasteiger partial charge in [0, 0.05) is 30.7 Å². The summed E-state index contributed by atoms with van der Waals surface area (Å²) in [6, 6.07) is 7.38. The van der Waals surface area contributed by atoms with Gasteiger partial charge in [-0.1, -0.05) is 13.0 Å². The van der Waals surface area contributed by atoms with Gasteiger partial charge < -0.3 is 19.2 Å². The molecule has 5 heterocycles. The number of pyridine rings is 1. The van der Waals surface area contributed by atoms with Gasteiger partial charge in [-0.05, 0) is 52.4 Å². The molecule has 198 valence electrons. The molecule has 0 saturated heterocycles. The van der Waals surface area contributed by atoms with E-state index in [9.17, 15) is 4.79 Å². The van der Waals surface area contributed by atoms with Crippen LogP contribution >= 0.6 is 0 Å². The molecule has 13 heteroatoms. The van der Waals surface area contributed by atoms with E-state index in [-0.39, 0.29) is 29.6 Å². The van der Waals surface area contributed by atoms with Crippen molar-refractivity contribution in [3.63, 3.8) is 0 Å². The zero-order valence-corrected chi connectivity index (χ0v) is 21.2. The topological polar surface area (TPSA) is 126 Å². The molecule has 12 nitrogen and oxygen atoms in total. The maximum Gasteiger partial charge on any atom is 0.297 e. The van der Waals surface area contributed by atoms with Crippen LogP contribution in [0.15, 0.2) is 49.2 Å². The van der Waals surface area contributed by atoms with Crippen molar-refractivity contribution in [1.82, 2.24) is 44.5 Å². The molecule has 3 atom stereocenters. The molecule has 5 aromatic rings. The Hall–Kier alpha value is -4.81. The van der Waals surface area contributed by atoms with Gasteiger partial charge in [0.15, 0.2) is 11.6 Å². The minimum absolute atomic E-state index is 0.0412. The van der Waals surface area contributed by atoms with Crippen LogP contribution in [0.1, 0.15) is 52.6 Å². The number of hydrogen-bond donors (Lipinski definition) is 1. The number of ether oxygens (including phenoxy) is 2. The molecule has 1 amide bonds. The molecule has 1 aliphatic heterocycles. The number of nitrogens with zero attached hydrogens (tertiary/aromatic N) is 8. The monoisotopic (exact) mass is 529 g/mol. The van der Waals surface area contributed by atoms with E-state index in [1.54, 1.807) is 16.8 Å². The van der Waals surface area contributed by atoms with Crippen LogP contribution in [0.2, 0.25) is 0 Å². The Labute approximate surface area is 221 Å². The summed E-state index contributed by atoms with van der Waals surface area (Å²) in [4.78, 5) is 22.2. The van der Waals surface area contributed by atoms with Crippen molar-refractivity contribution in [2.24, 2.45) is 5.92 Å². The number of rotatable bonds is 7. The van der Waals surface area contributed by atoms with Crippen LogP contribution < -0.4 is 14.8 Å². The molecule has 3 unspecified atom stereocenters. The lowest BCUT2D eigenvalue weighted by atomic mass is 10.1. The van der Waals surface area contributed by atoms with Gasteiger partial charge in [0.25, 0.3) is 11.9 Å². The number of halogens is 1. The summed E-state index contributed by atoms with van der Waals surface area (Å²) in [5.41, 5.74) is 3.69. The second-order valence-electron chi connectivity index (χ2n) is 9.87. The van der Waals surface area contributed by atoms with Crippen molar-refractivity contribution in [3.05, 3.63) is 77.5 Å². The van der Waals surface area contributed by atoms with Gasteiger partial charge >= 0.3 is 0 Å². The summed E-state index contributed by atoms with van der Waals surface area (Å²) in [6.45, 7) is 2.49. The molecule has 7 rings (SSSR count). The maximum absolute atomic E-state index is 15.1. The number of imidazole rings is 2. The molecule has 39 heavy (non-hydrogen) atoms. The lowest BCUT2D eigenvalue weighted by molar-refractivity contribution is 0.0945. The smallest absolute Gasteiger partial charge is 0.297 e. The molecular formula is C26H24FN9O3. The first-order chi connectivity index (χ1) is 19.0. The summed E-state index contributed by atoms with van der Waals surface area (Å²) < 4.78 is 31.2. The number of fused-ring (bicyclic) bond motifs is 2. The fourth-order valence-electron chi connectivity index (χ4n) is 5.13. The van der Waals surface area contributed by atoms with Crippen LogP contribution in [0.5, 0.6) is 11.8 Å². The molecular weight excluding hydrogens is 505 g/mol. The lowest BCUT2D eigenvalue weighted by Gasteiger charge is -2.13. The number of amides is 1. The Morgan fingerprint density at radius 3 is 2.85 bits per heavy atom. The number of carbonyl (C=O) groups is 1. The van der Waals surface area contributed by atoms with E-state index in [4.69, 9.17) is 14.5 Å². The second kappa shape index (κ2) is 8.89. The van der Waals surface area contributed by atoms with Crippen molar-refractivity contribution in [2.75, 3.05) is 13.7 Å². The highest BCUT2D eigenvalue weighted by Crippen LogP contribution is 2.46. The van der Waals surface area contributed by atoms with Gasteiger partial charge in [0.1, 0.15) is 30.3 Å². The Balaban J connectivity index is 1.11. The highest BCUT2D eigenvalue weighted by Gasteiger charge is 2.35. The lowest BCUT2D eigenvalue weighted by Crippen LogP contribution is -2.25. The minimum Gasteiger partial charge on any atom is -0.494 e. The van der Waals surface area contributed by atoms with Crippen LogP contribution in [0, 0.1) is 11.7 Å². The summed E-state index contributed by atoms with van der Waals surface area (Å²) in [5, 5.41) is 13.8. The number of aromatic nitrogens is 8. The molecule has 0 radical (unpaired) electrons. The van der Waals surface area contributed by atoms with Crippen LogP contribution in [0.3, 0.4) is 0 Å². The van der Waals surface area contributed by atoms with Crippen LogP contribution in [-0.2, 0) is 6.54 Å². The summed E-state index contributed by atoms with van der Waals surface area (Å²) in [6.07, 6.45) is 8.34. The first kappa shape index (κ1) is 23.3. The number of hydrogen-bond acceptors (Lipinski definition) is 8. The quantitative estimate of drug-likeness (QED) is 0.341. The molecule has 0 spiro atoms. The third kappa shape index (κ3) is 3.97. The van der Waals surface area contributed by atoms with Crippen LogP contribution in [0.25, 0.3) is 11.3 Å². The zero-order chi connectivity index (χ0) is 26.7. The van der Waals surface area contributed by atoms with Gasteiger partial charge in [-0.15, -0.1) is 5.10 Å². The largest absolute Gasteiger partial charge is 0.494 e. The number of methoxy groups -OCH3 is 1. The van der Waals surface area contributed by atoms with Crippen molar-refractivity contribution < 1.29 is 18.7 Å². The second-order valence-corrected chi connectivity index (χ2v) is 9.87. The molecule has 4 aromatic heterocycles. The molecule has 1 N–H and O–H groups in total. The summed E-state index contributed by atoms with van der Waals surface area (Å²) in [7, 11) is 1.37. The van der Waals surface area contributed by atoms with Crippen molar-refractivity contribution in [2.45, 2.75) is 31.8 Å². The van der Waals surface area contributed by atoms with Crippen LogP contribution in [0.4, 0.5) is 4.39 Å². The third-order valence-corrected chi connectivity index (χ3v) is 7.43. The normalized spacial score (nSPS) is 19.6. The third-order valence-electron chi connectivity index (χ3n) is 7.43. The molecule has 1 saturated carbocycles. The van der Waals surface area contributed by atoms with Gasteiger partial charge in [0.05, 0.1) is 18.5 Å². The van der Waals surface area contributed by atoms with E-state index in [1.807, 2.05) is 16.7 Å². The van der Waals surface area contributed by atoms with Crippen LogP contribution in [-0.4, -0.2) is 58.8 Å². The molecule has 0 bridgehead atoms. The fraction of sp³-hybridized carbons (Fsp3) is 0.308. The number of benzene rings is 1. The van der Waals surface area contributed by atoms with Gasteiger partial charge in [0.2, 0.25) is 0 Å². The van der Waals surface area contributed by atoms with Gasteiger partial charge in [-0.2, -0.15) is 4.98 Å². The molecule has 1 aliphatic carbocycles. The van der Waals surface area contributed by atoms with E-state index in [1.165, 1.54) is 36.2 Å². The SMILES string of the molecule is COc1ccc(-n2cnnn2)c(CNC(=O)c2cn3c(n2)OCC3c2cn3cc(C4CC4C)ccc3n2)c1F. The van der Waals surface area contributed by atoms with E-state index in [0.717, 1.165) is 17.3 Å². The minimum atomic E-state index is -0.618. The fourth-order valence-corrected chi connectivity index (χ4v) is 5.13. The maximum atomic E-state index is 15.1. The van der Waals surface area contributed by atoms with E-state index < -0.39 is 11.7 Å². The Morgan fingerprint density at radius 1 is 1.21 bits per heavy atom. The molecule has 2 aliphatic rings. The average Bonchev–Trinajstić information content (AvgIpc) is 3.47. The highest BCUT2D eigenvalue weighted by atomic mass is 19.1. The van der Waals surface area contributed by atoms with Gasteiger partial charge in [-0.25, -0.2) is 14.1 Å². The van der Waals surface area contributed by atoms with Crippen molar-refractivity contribution in [3.8, 4) is 17.4 Å². The van der Waals surface area contributed by atoms with E-state index in [0.29, 0.717) is 24.2 Å². The summed E-state index contributed by atoms with van der Waals surface area (Å²) >= 11 is 0. The van der Waals surface area contributed by atoms with Crippen molar-refractivity contribution in [1.29, 1.82) is 0 Å². The predicted octanol–water partition coefficient (Wildman–Crippen LogP) is 2.69. The molecule has 1 aromatic carbocycles. The predicted molar refractivity (Wildman–Crippen MR) is 134 cm³/mol. The standard InChI is InChI=1S/C26H24FN9O3/c1-14-7-16(14)15-3-6-23-30-18(10-34(23)9-15)21-12-39-26-31-19(11-35(21)26)25(37)28-8-17-20(36-13-29-32-33-36)4-5-22(38-2)24(17)27/h3-6,9-11,13-14,16,21H,7-8,12H2,1-2H3,(H,28,37). The first-order valence-electron chi connectivity index (χ1n) is 12.6. The average molecular weight is 530 g/mol. The molecule has 1 fully saturated rings. The highest BCUT2D eigenvalue weighted by molar-refractivity contribution is 5.92. The number of nitrogens with one attached hydrogen (secondary N) is 1. The summed E-state index contributed by atoms with van der Waals surface area (Å²) in [5.74, 6) is 0.277. The van der Waals surface area contributed by atoms with Crippen molar-refractivity contribution >= 4 is 11.6 Å². The zero-order valence-electron chi connectivity index (χ0n) is 21.2. The Morgan fingerprint density at radius 2 is 2.08 bits per heavy atom. The Bertz CT molecular complexity index is 1710. The number of tetrazole rings is 1. The Kier molecular flexibility index (Phi) is 5.32. The first-order valence-corrected chi connectivity index (χ1v) is 12.6. The van der Waals surface area contributed by atoms with E-state index >= 15 is 4.39 Å². The number of carbonyl (C=O) groups excluding carboxylic acids is 1. The van der Waals surface area contributed by atoms with Gasteiger partial charge in [-0.3, -0.25) is 9.36 Å². The van der Waals surface area contributed by atoms with E-state index in [2.05, 4.69) is 45.0 Å².